The van der Waals surface area contributed by atoms with Gasteiger partial charge in [-0.1, -0.05) is 0 Å². The van der Waals surface area contributed by atoms with E-state index in [1.807, 2.05) is 6.92 Å². The summed E-state index contributed by atoms with van der Waals surface area (Å²) in [5.74, 6) is -0.0679. The molecule has 17 heavy (non-hydrogen) atoms. The molecule has 2 aliphatic heterocycles. The maximum Gasteiger partial charge on any atom is 0.242 e. The van der Waals surface area contributed by atoms with Crippen LogP contribution >= 0.6 is 0 Å². The fraction of sp³-hybridized carbons (Fsp3) is 0.917. The van der Waals surface area contributed by atoms with Crippen molar-refractivity contribution in [2.45, 2.75) is 37.8 Å². The number of hydrogen-bond donors (Lipinski definition) is 2. The van der Waals surface area contributed by atoms with Crippen molar-refractivity contribution in [2.75, 3.05) is 32.8 Å². The van der Waals surface area contributed by atoms with Crippen molar-refractivity contribution in [3.8, 4) is 0 Å². The van der Waals surface area contributed by atoms with E-state index in [1.165, 1.54) is 12.8 Å². The van der Waals surface area contributed by atoms with Gasteiger partial charge < -0.3 is 20.7 Å². The Morgan fingerprint density at radius 3 is 2.82 bits per heavy atom. The van der Waals surface area contributed by atoms with Gasteiger partial charge in [-0.15, -0.1) is 0 Å². The van der Waals surface area contributed by atoms with Crippen molar-refractivity contribution < 1.29 is 9.53 Å². The Kier molecular flexibility index (Phi) is 4.01. The van der Waals surface area contributed by atoms with Crippen molar-refractivity contribution in [1.29, 1.82) is 0 Å². The normalized spacial score (nSPS) is 31.6. The van der Waals surface area contributed by atoms with E-state index in [0.717, 1.165) is 19.6 Å². The largest absolute Gasteiger partial charge is 0.379 e. The first kappa shape index (κ1) is 12.8. The van der Waals surface area contributed by atoms with Gasteiger partial charge in [0.25, 0.3) is 0 Å². The predicted octanol–water partition coefficient (Wildman–Crippen LogP) is -0.295. The number of carbonyl (C=O) groups is 1. The first-order valence-electron chi connectivity index (χ1n) is 6.50. The maximum absolute atomic E-state index is 12.0. The maximum atomic E-state index is 12.0. The Balaban J connectivity index is 1.77. The molecular formula is C12H23N3O2. The third-order valence-electron chi connectivity index (χ3n) is 3.61. The Bertz CT molecular complexity index is 271. The van der Waals surface area contributed by atoms with Crippen LogP contribution in [0.15, 0.2) is 0 Å². The van der Waals surface area contributed by atoms with Crippen LogP contribution in [0, 0.1) is 0 Å². The predicted molar refractivity (Wildman–Crippen MR) is 65.6 cm³/mol. The Hall–Kier alpha value is -0.650. The Morgan fingerprint density at radius 1 is 1.53 bits per heavy atom. The molecular weight excluding hydrogens is 218 g/mol. The average molecular weight is 241 g/mol. The summed E-state index contributed by atoms with van der Waals surface area (Å²) in [4.78, 5) is 14.4. The molecule has 0 aromatic carbocycles. The number of nitrogens with two attached hydrogens (primary N) is 1. The molecule has 0 aromatic rings. The summed E-state index contributed by atoms with van der Waals surface area (Å²) in [5, 5.41) is 3.00. The van der Waals surface area contributed by atoms with Crippen LogP contribution in [-0.2, 0) is 9.53 Å². The van der Waals surface area contributed by atoms with Crippen LogP contribution in [0.5, 0.6) is 0 Å². The van der Waals surface area contributed by atoms with Gasteiger partial charge in [-0.25, -0.2) is 0 Å². The summed E-state index contributed by atoms with van der Waals surface area (Å²) >= 11 is 0. The minimum absolute atomic E-state index is 0.0679. The highest BCUT2D eigenvalue weighted by atomic mass is 16.5. The minimum atomic E-state index is -0.806. The highest BCUT2D eigenvalue weighted by Crippen LogP contribution is 2.16. The molecule has 98 valence electrons. The topological polar surface area (TPSA) is 67.6 Å². The summed E-state index contributed by atoms with van der Waals surface area (Å²) in [6.45, 7) is 6.19. The molecule has 1 amide bonds. The molecule has 0 aliphatic carbocycles. The molecule has 2 atom stereocenters. The minimum Gasteiger partial charge on any atom is -0.379 e. The van der Waals surface area contributed by atoms with Gasteiger partial charge in [0.1, 0.15) is 5.54 Å². The molecule has 3 N–H and O–H groups in total. The molecule has 5 heteroatoms. The first-order chi connectivity index (χ1) is 8.10. The first-order valence-corrected chi connectivity index (χ1v) is 6.50. The van der Waals surface area contributed by atoms with Crippen LogP contribution in [0.4, 0.5) is 0 Å². The molecule has 2 rings (SSSR count). The molecule has 2 heterocycles. The Labute approximate surface area is 103 Å². The monoisotopic (exact) mass is 241 g/mol. The van der Waals surface area contributed by atoms with E-state index in [9.17, 15) is 4.79 Å². The van der Waals surface area contributed by atoms with E-state index < -0.39 is 5.54 Å². The van der Waals surface area contributed by atoms with Gasteiger partial charge in [0.05, 0.1) is 6.61 Å². The van der Waals surface area contributed by atoms with Crippen LogP contribution in [-0.4, -0.2) is 55.2 Å². The van der Waals surface area contributed by atoms with Crippen molar-refractivity contribution >= 4 is 5.91 Å². The molecule has 2 saturated heterocycles. The second-order valence-corrected chi connectivity index (χ2v) is 5.34. The second kappa shape index (κ2) is 5.33. The van der Waals surface area contributed by atoms with Crippen molar-refractivity contribution in [1.82, 2.24) is 10.2 Å². The van der Waals surface area contributed by atoms with E-state index in [4.69, 9.17) is 10.5 Å². The molecule has 2 aliphatic rings. The quantitative estimate of drug-likeness (QED) is 0.709. The number of hydrogen-bond acceptors (Lipinski definition) is 4. The van der Waals surface area contributed by atoms with Crippen molar-refractivity contribution in [3.63, 3.8) is 0 Å². The zero-order valence-corrected chi connectivity index (χ0v) is 10.6. The van der Waals surface area contributed by atoms with E-state index in [-0.39, 0.29) is 11.9 Å². The fourth-order valence-electron chi connectivity index (χ4n) is 2.53. The molecule has 0 radical (unpaired) electrons. The van der Waals surface area contributed by atoms with Gasteiger partial charge in [-0.3, -0.25) is 4.79 Å². The summed E-state index contributed by atoms with van der Waals surface area (Å²) in [7, 11) is 0. The lowest BCUT2D eigenvalue weighted by Crippen LogP contribution is -2.57. The van der Waals surface area contributed by atoms with Gasteiger partial charge in [-0.05, 0) is 39.3 Å². The number of nitrogens with zero attached hydrogens (tertiary/aromatic N) is 1. The second-order valence-electron chi connectivity index (χ2n) is 5.34. The molecule has 0 bridgehead atoms. The molecule has 2 unspecified atom stereocenters. The molecule has 0 aromatic heterocycles. The highest BCUT2D eigenvalue weighted by Gasteiger charge is 2.38. The van der Waals surface area contributed by atoms with Crippen LogP contribution in [0.25, 0.3) is 0 Å². The lowest BCUT2D eigenvalue weighted by atomic mass is 9.99. The van der Waals surface area contributed by atoms with Crippen LogP contribution in [0.3, 0.4) is 0 Å². The SMILES string of the molecule is CC(CN1CCCC1)NC(=O)C1(N)CCOC1. The number of rotatable bonds is 4. The van der Waals surface area contributed by atoms with Crippen LogP contribution in [0.1, 0.15) is 26.2 Å². The Morgan fingerprint density at radius 2 is 2.24 bits per heavy atom. The van der Waals surface area contributed by atoms with Crippen LogP contribution < -0.4 is 11.1 Å². The number of amides is 1. The zero-order valence-electron chi connectivity index (χ0n) is 10.6. The van der Waals surface area contributed by atoms with Gasteiger partial charge in [0, 0.05) is 19.2 Å². The molecule has 2 fully saturated rings. The van der Waals surface area contributed by atoms with Gasteiger partial charge >= 0.3 is 0 Å². The number of likely N-dealkylation sites (tertiary alicyclic amines) is 1. The van der Waals surface area contributed by atoms with Crippen LogP contribution in [0.2, 0.25) is 0 Å². The molecule has 0 spiro atoms. The number of nitrogens with one attached hydrogen (secondary N) is 1. The third-order valence-corrected chi connectivity index (χ3v) is 3.61. The van der Waals surface area contributed by atoms with Gasteiger partial charge in [0.2, 0.25) is 5.91 Å². The zero-order chi connectivity index (χ0) is 12.3. The van der Waals surface area contributed by atoms with E-state index in [2.05, 4.69) is 10.2 Å². The summed E-state index contributed by atoms with van der Waals surface area (Å²) in [6, 6.07) is 0.154. The standard InChI is InChI=1S/C12H23N3O2/c1-10(8-15-5-2-3-6-15)14-11(16)12(13)4-7-17-9-12/h10H,2-9,13H2,1H3,(H,14,16). The smallest absolute Gasteiger partial charge is 0.242 e. The van der Waals surface area contributed by atoms with Gasteiger partial charge in [0.15, 0.2) is 0 Å². The summed E-state index contributed by atoms with van der Waals surface area (Å²) < 4.78 is 5.20. The highest BCUT2D eigenvalue weighted by molar-refractivity contribution is 5.86. The molecule has 0 saturated carbocycles. The van der Waals surface area contributed by atoms with E-state index in [1.54, 1.807) is 0 Å². The summed E-state index contributed by atoms with van der Waals surface area (Å²) in [5.41, 5.74) is 5.20. The average Bonchev–Trinajstić information content (AvgIpc) is 2.90. The number of carbonyl (C=O) groups excluding carboxylic acids is 1. The summed E-state index contributed by atoms with van der Waals surface area (Å²) in [6.07, 6.45) is 3.17. The lowest BCUT2D eigenvalue weighted by molar-refractivity contribution is -0.127. The van der Waals surface area contributed by atoms with E-state index in [0.29, 0.717) is 19.6 Å². The fourth-order valence-corrected chi connectivity index (χ4v) is 2.53. The van der Waals surface area contributed by atoms with E-state index >= 15 is 0 Å². The van der Waals surface area contributed by atoms with Gasteiger partial charge in [-0.2, -0.15) is 0 Å². The third kappa shape index (κ3) is 3.18. The van der Waals surface area contributed by atoms with Crippen molar-refractivity contribution in [3.05, 3.63) is 0 Å². The molecule has 5 nitrogen and oxygen atoms in total. The lowest BCUT2D eigenvalue weighted by Gasteiger charge is -2.26. The number of ether oxygens (including phenoxy) is 1. The van der Waals surface area contributed by atoms with Crippen molar-refractivity contribution in [2.24, 2.45) is 5.73 Å².